The van der Waals surface area contributed by atoms with Gasteiger partial charge in [-0.3, -0.25) is 29.3 Å². The van der Waals surface area contributed by atoms with Crippen LogP contribution in [0.2, 0.25) is 0 Å². The van der Waals surface area contributed by atoms with E-state index in [9.17, 15) is 14.4 Å². The lowest BCUT2D eigenvalue weighted by Gasteiger charge is -2.26. The van der Waals surface area contributed by atoms with E-state index in [4.69, 9.17) is 16.6 Å². The molecule has 1 aliphatic rings. The molecule has 3 heterocycles. The Labute approximate surface area is 307 Å². The SMILES string of the molecule is C=CC(=O)Cc1cc(CCl)cc(-c2cnc3ccccc3n2)c1.C=CC(=O)Cc1cc(CN2CCNC(=O)C2)cc(-c2cnc3ccccc3n2)c1. The number of hydrogen-bond donors (Lipinski definition) is 1. The Morgan fingerprint density at radius 3 is 1.69 bits per heavy atom. The van der Waals surface area contributed by atoms with E-state index in [1.807, 2.05) is 78.9 Å². The van der Waals surface area contributed by atoms with Crippen LogP contribution in [-0.2, 0) is 39.7 Å². The van der Waals surface area contributed by atoms with E-state index in [0.717, 1.165) is 73.4 Å². The monoisotopic (exact) mass is 708 g/mol. The van der Waals surface area contributed by atoms with Gasteiger partial charge in [0.15, 0.2) is 11.6 Å². The van der Waals surface area contributed by atoms with Gasteiger partial charge in [-0.15, -0.1) is 11.6 Å². The number of allylic oxidation sites excluding steroid dienone is 2. The van der Waals surface area contributed by atoms with Crippen LogP contribution in [0, 0.1) is 0 Å². The number of nitrogens with zero attached hydrogens (tertiary/aromatic N) is 5. The highest BCUT2D eigenvalue weighted by atomic mass is 35.5. The smallest absolute Gasteiger partial charge is 0.234 e. The van der Waals surface area contributed by atoms with Crippen LogP contribution in [0.15, 0.2) is 123 Å². The minimum absolute atomic E-state index is 0.0210. The van der Waals surface area contributed by atoms with Crippen LogP contribution in [0.1, 0.15) is 22.3 Å². The Balaban J connectivity index is 0.000000183. The first-order valence-electron chi connectivity index (χ1n) is 16.9. The Hall–Kier alpha value is -5.90. The van der Waals surface area contributed by atoms with Gasteiger partial charge in [-0.1, -0.05) is 49.6 Å². The van der Waals surface area contributed by atoms with Gasteiger partial charge in [0.1, 0.15) is 0 Å². The lowest BCUT2D eigenvalue weighted by atomic mass is 9.99. The number of carbonyl (C=O) groups is 3. The van der Waals surface area contributed by atoms with Crippen molar-refractivity contribution < 1.29 is 14.4 Å². The van der Waals surface area contributed by atoms with Crippen LogP contribution in [0.3, 0.4) is 0 Å². The number of halogens is 1. The molecule has 0 unspecified atom stereocenters. The molecule has 0 spiro atoms. The molecule has 260 valence electrons. The molecule has 1 aliphatic heterocycles. The fourth-order valence-corrected chi connectivity index (χ4v) is 6.17. The zero-order valence-corrected chi connectivity index (χ0v) is 29.4. The molecule has 0 bridgehead atoms. The summed E-state index contributed by atoms with van der Waals surface area (Å²) in [6.07, 6.45) is 6.78. The number of ketones is 2. The number of benzene rings is 4. The second-order valence-corrected chi connectivity index (χ2v) is 12.7. The maximum atomic E-state index is 11.9. The fourth-order valence-electron chi connectivity index (χ4n) is 6.02. The van der Waals surface area contributed by atoms with Gasteiger partial charge >= 0.3 is 0 Å². The highest BCUT2D eigenvalue weighted by molar-refractivity contribution is 6.17. The van der Waals surface area contributed by atoms with Gasteiger partial charge in [0.25, 0.3) is 0 Å². The molecule has 9 nitrogen and oxygen atoms in total. The van der Waals surface area contributed by atoms with E-state index in [1.54, 1.807) is 12.4 Å². The van der Waals surface area contributed by atoms with Crippen molar-refractivity contribution in [3.63, 3.8) is 0 Å². The zero-order chi connectivity index (χ0) is 36.5. The molecule has 1 N–H and O–H groups in total. The molecule has 0 atom stereocenters. The van der Waals surface area contributed by atoms with Gasteiger partial charge < -0.3 is 5.32 Å². The summed E-state index contributed by atoms with van der Waals surface area (Å²) in [5.41, 5.74) is 10.5. The van der Waals surface area contributed by atoms with Crippen LogP contribution in [0.4, 0.5) is 0 Å². The van der Waals surface area contributed by atoms with Crippen molar-refractivity contribution in [1.82, 2.24) is 30.2 Å². The molecule has 7 rings (SSSR count). The van der Waals surface area contributed by atoms with Crippen LogP contribution >= 0.6 is 11.6 Å². The van der Waals surface area contributed by atoms with Crippen LogP contribution in [0.5, 0.6) is 0 Å². The average Bonchev–Trinajstić information content (AvgIpc) is 3.17. The second kappa shape index (κ2) is 16.9. The van der Waals surface area contributed by atoms with Crippen molar-refractivity contribution in [2.24, 2.45) is 0 Å². The first-order chi connectivity index (χ1) is 25.3. The van der Waals surface area contributed by atoms with Crippen molar-refractivity contribution in [3.05, 3.63) is 145 Å². The van der Waals surface area contributed by atoms with Gasteiger partial charge in [-0.2, -0.15) is 0 Å². The minimum Gasteiger partial charge on any atom is -0.354 e. The van der Waals surface area contributed by atoms with Gasteiger partial charge in [0, 0.05) is 49.5 Å². The standard InChI is InChI=1S/C23H22N4O2.C19H15ClN2O/c1-2-19(28)12-16-9-17(14-27-8-7-24-23(29)15-27)11-18(10-16)22-13-25-20-5-3-4-6-21(20)26-22;1-2-16(23)10-13-7-14(11-20)9-15(8-13)19-12-21-17-5-3-4-6-18(17)22-19/h2-6,9-11,13H,1,7-8,12,14-15H2,(H,24,29);2-9,12H,1,10-11H2. The largest absolute Gasteiger partial charge is 0.354 e. The number of alkyl halides is 1. The normalized spacial score (nSPS) is 12.8. The summed E-state index contributed by atoms with van der Waals surface area (Å²) in [6.45, 7) is 9.55. The predicted molar refractivity (Wildman–Crippen MR) is 206 cm³/mol. The van der Waals surface area contributed by atoms with Crippen molar-refractivity contribution in [2.45, 2.75) is 25.3 Å². The maximum absolute atomic E-state index is 11.9. The highest BCUT2D eigenvalue weighted by Gasteiger charge is 2.17. The number of amides is 1. The number of hydrogen-bond acceptors (Lipinski definition) is 8. The van der Waals surface area contributed by atoms with Crippen LogP contribution in [-0.4, -0.2) is 61.9 Å². The van der Waals surface area contributed by atoms with E-state index < -0.39 is 0 Å². The third-order valence-electron chi connectivity index (χ3n) is 8.48. The van der Waals surface area contributed by atoms with Crippen molar-refractivity contribution in [1.29, 1.82) is 0 Å². The average molecular weight is 709 g/mol. The van der Waals surface area contributed by atoms with E-state index >= 15 is 0 Å². The van der Waals surface area contributed by atoms with E-state index in [2.05, 4.69) is 44.4 Å². The minimum atomic E-state index is -0.0324. The van der Waals surface area contributed by atoms with Crippen LogP contribution in [0.25, 0.3) is 44.6 Å². The number of nitrogens with one attached hydrogen (secondary N) is 1. The summed E-state index contributed by atoms with van der Waals surface area (Å²) in [6, 6.07) is 27.4. The molecule has 0 radical (unpaired) electrons. The Morgan fingerprint density at radius 2 is 1.19 bits per heavy atom. The molecule has 1 saturated heterocycles. The second-order valence-electron chi connectivity index (χ2n) is 12.5. The highest BCUT2D eigenvalue weighted by Crippen LogP contribution is 2.25. The molecule has 1 fully saturated rings. The Kier molecular flexibility index (Phi) is 11.7. The van der Waals surface area contributed by atoms with Gasteiger partial charge in [-0.05, 0) is 82.9 Å². The number of rotatable bonds is 11. The van der Waals surface area contributed by atoms with Crippen molar-refractivity contribution in [3.8, 4) is 22.5 Å². The Bertz CT molecular complexity index is 2310. The molecule has 1 amide bonds. The first kappa shape index (κ1) is 35.9. The molecule has 0 aliphatic carbocycles. The lowest BCUT2D eigenvalue weighted by molar-refractivity contribution is -0.124. The summed E-state index contributed by atoms with van der Waals surface area (Å²) in [7, 11) is 0. The summed E-state index contributed by atoms with van der Waals surface area (Å²) >= 11 is 5.98. The summed E-state index contributed by atoms with van der Waals surface area (Å²) in [4.78, 5) is 55.7. The fraction of sp³-hybridized carbons (Fsp3) is 0.167. The van der Waals surface area contributed by atoms with E-state index in [-0.39, 0.29) is 23.9 Å². The molecule has 4 aromatic carbocycles. The number of piperazine rings is 1. The third-order valence-corrected chi connectivity index (χ3v) is 8.79. The number of aromatic nitrogens is 4. The van der Waals surface area contributed by atoms with Gasteiger partial charge in [0.05, 0.1) is 52.4 Å². The van der Waals surface area contributed by atoms with Crippen molar-refractivity contribution in [2.75, 3.05) is 19.6 Å². The summed E-state index contributed by atoms with van der Waals surface area (Å²) < 4.78 is 0. The molecule has 10 heteroatoms. The Morgan fingerprint density at radius 1 is 0.712 bits per heavy atom. The molecule has 2 aromatic heterocycles. The summed E-state index contributed by atoms with van der Waals surface area (Å²) in [5.74, 6) is 0.363. The zero-order valence-electron chi connectivity index (χ0n) is 28.6. The molecular formula is C42H37ClN6O3. The number of carbonyl (C=O) groups excluding carboxylic acids is 3. The number of fused-ring (bicyclic) bond motifs is 2. The molecular weight excluding hydrogens is 672 g/mol. The quantitative estimate of drug-likeness (QED) is 0.115. The predicted octanol–water partition coefficient (Wildman–Crippen LogP) is 6.86. The maximum Gasteiger partial charge on any atom is 0.234 e. The van der Waals surface area contributed by atoms with Gasteiger partial charge in [-0.25, -0.2) is 9.97 Å². The first-order valence-corrected chi connectivity index (χ1v) is 17.4. The van der Waals surface area contributed by atoms with Crippen molar-refractivity contribution >= 4 is 51.1 Å². The van der Waals surface area contributed by atoms with Crippen LogP contribution < -0.4 is 5.32 Å². The topological polar surface area (TPSA) is 118 Å². The van der Waals surface area contributed by atoms with Gasteiger partial charge in [0.2, 0.25) is 5.91 Å². The lowest BCUT2D eigenvalue weighted by Crippen LogP contribution is -2.47. The molecule has 0 saturated carbocycles. The number of para-hydroxylation sites is 4. The van der Waals surface area contributed by atoms with E-state index in [0.29, 0.717) is 31.9 Å². The summed E-state index contributed by atoms with van der Waals surface area (Å²) in [5, 5.41) is 2.84. The molecule has 52 heavy (non-hydrogen) atoms. The van der Waals surface area contributed by atoms with E-state index in [1.165, 1.54) is 12.2 Å². The molecule has 6 aromatic rings. The third kappa shape index (κ3) is 9.25.